The molecule has 2 aromatic carbocycles. The number of para-hydroxylation sites is 1. The number of ether oxygens (including phenoxy) is 2. The minimum Gasteiger partial charge on any atom is -0.493 e. The first-order valence-corrected chi connectivity index (χ1v) is 11.1. The Bertz CT molecular complexity index is 951. The number of unbranched alkanes of at least 4 members (excludes halogenated alkanes) is 1. The monoisotopic (exact) mass is 424 g/mol. The summed E-state index contributed by atoms with van der Waals surface area (Å²) in [4.78, 5) is 20.3. The van der Waals surface area contributed by atoms with Gasteiger partial charge in [-0.25, -0.2) is 4.99 Å². The van der Waals surface area contributed by atoms with E-state index in [1.54, 1.807) is 12.0 Å². The highest BCUT2D eigenvalue weighted by Crippen LogP contribution is 2.38. The average Bonchev–Trinajstić information content (AvgIpc) is 3.03. The van der Waals surface area contributed by atoms with Crippen molar-refractivity contribution in [2.45, 2.75) is 33.6 Å². The van der Waals surface area contributed by atoms with E-state index in [1.165, 1.54) is 17.3 Å². The van der Waals surface area contributed by atoms with Crippen molar-refractivity contribution in [3.63, 3.8) is 0 Å². The number of aryl methyl sites for hydroxylation is 1. The number of hydrogen-bond donors (Lipinski definition) is 0. The van der Waals surface area contributed by atoms with Crippen LogP contribution in [-0.4, -0.2) is 36.2 Å². The molecule has 1 aliphatic rings. The first-order chi connectivity index (χ1) is 14.6. The van der Waals surface area contributed by atoms with E-state index in [2.05, 4.69) is 6.92 Å². The van der Waals surface area contributed by atoms with Crippen LogP contribution in [-0.2, 0) is 4.79 Å². The fourth-order valence-electron chi connectivity index (χ4n) is 3.08. The number of nitrogens with zero attached hydrogens (tertiary/aromatic N) is 2. The molecule has 1 aliphatic heterocycles. The molecular formula is C24H28N2O3S. The molecule has 30 heavy (non-hydrogen) atoms. The molecule has 1 saturated heterocycles. The van der Waals surface area contributed by atoms with Gasteiger partial charge in [0.1, 0.15) is 0 Å². The van der Waals surface area contributed by atoms with Crippen molar-refractivity contribution < 1.29 is 14.3 Å². The lowest BCUT2D eigenvalue weighted by Crippen LogP contribution is -2.30. The molecule has 0 aromatic heterocycles. The van der Waals surface area contributed by atoms with Crippen LogP contribution in [0.2, 0.25) is 0 Å². The minimum absolute atomic E-state index is 0.0235. The fraction of sp³-hybridized carbons (Fsp3) is 0.333. The third-order valence-corrected chi connectivity index (χ3v) is 5.69. The van der Waals surface area contributed by atoms with Crippen LogP contribution in [0.3, 0.4) is 0 Å². The van der Waals surface area contributed by atoms with Gasteiger partial charge in [-0.1, -0.05) is 43.2 Å². The maximum atomic E-state index is 13.2. The summed E-state index contributed by atoms with van der Waals surface area (Å²) in [6.45, 7) is 7.26. The van der Waals surface area contributed by atoms with Crippen molar-refractivity contribution >= 4 is 34.6 Å². The van der Waals surface area contributed by atoms with Crippen LogP contribution in [0.5, 0.6) is 11.5 Å². The van der Waals surface area contributed by atoms with Gasteiger partial charge in [-0.05, 0) is 56.3 Å². The lowest BCUT2D eigenvalue weighted by molar-refractivity contribution is -0.122. The van der Waals surface area contributed by atoms with Crippen LogP contribution >= 0.6 is 11.8 Å². The summed E-state index contributed by atoms with van der Waals surface area (Å²) < 4.78 is 11.2. The molecule has 2 aromatic rings. The van der Waals surface area contributed by atoms with Gasteiger partial charge in [-0.2, -0.15) is 0 Å². The second-order valence-corrected chi connectivity index (χ2v) is 7.97. The van der Waals surface area contributed by atoms with Gasteiger partial charge in [0.05, 0.1) is 24.3 Å². The molecule has 158 valence electrons. The highest BCUT2D eigenvalue weighted by Gasteiger charge is 2.33. The highest BCUT2D eigenvalue weighted by atomic mass is 32.2. The first-order valence-electron chi connectivity index (χ1n) is 10.2. The molecule has 0 unspecified atom stereocenters. The summed E-state index contributed by atoms with van der Waals surface area (Å²) in [6, 6.07) is 13.7. The molecule has 3 rings (SSSR count). The number of methoxy groups -OCH3 is 1. The average molecular weight is 425 g/mol. The van der Waals surface area contributed by atoms with E-state index in [0.717, 1.165) is 24.1 Å². The van der Waals surface area contributed by atoms with Crippen molar-refractivity contribution in [3.05, 3.63) is 58.5 Å². The number of aliphatic imine (C=N–C) groups is 1. The normalized spacial score (nSPS) is 16.5. The summed E-state index contributed by atoms with van der Waals surface area (Å²) in [5, 5.41) is 0.712. The van der Waals surface area contributed by atoms with Crippen LogP contribution in [0.4, 0.5) is 5.69 Å². The topological polar surface area (TPSA) is 51.1 Å². The molecule has 0 bridgehead atoms. The molecule has 0 radical (unpaired) electrons. The number of benzene rings is 2. The largest absolute Gasteiger partial charge is 0.493 e. The van der Waals surface area contributed by atoms with Crippen LogP contribution in [0, 0.1) is 6.92 Å². The van der Waals surface area contributed by atoms with Gasteiger partial charge in [-0.15, -0.1) is 0 Å². The summed E-state index contributed by atoms with van der Waals surface area (Å²) >= 11 is 1.40. The summed E-state index contributed by atoms with van der Waals surface area (Å²) in [5.41, 5.74) is 2.84. The number of carbonyl (C=O) groups excluding carboxylic acids is 1. The summed E-state index contributed by atoms with van der Waals surface area (Å²) in [7, 11) is 1.61. The van der Waals surface area contributed by atoms with E-state index >= 15 is 0 Å². The number of thioether (sulfide) groups is 1. The second kappa shape index (κ2) is 10.3. The highest BCUT2D eigenvalue weighted by molar-refractivity contribution is 8.18. The van der Waals surface area contributed by atoms with Crippen molar-refractivity contribution in [1.82, 2.24) is 4.90 Å². The Labute approximate surface area is 182 Å². The van der Waals surface area contributed by atoms with Crippen LogP contribution in [0.15, 0.2) is 52.4 Å². The van der Waals surface area contributed by atoms with Gasteiger partial charge in [0.2, 0.25) is 0 Å². The predicted octanol–water partition coefficient (Wildman–Crippen LogP) is 5.81. The Balaban J connectivity index is 1.98. The zero-order valence-corrected chi connectivity index (χ0v) is 18.8. The molecule has 6 heteroatoms. The number of carbonyl (C=O) groups is 1. The number of amides is 1. The zero-order chi connectivity index (χ0) is 21.5. The molecule has 0 saturated carbocycles. The van der Waals surface area contributed by atoms with E-state index in [1.807, 2.05) is 62.4 Å². The summed E-state index contributed by atoms with van der Waals surface area (Å²) in [6.07, 6.45) is 3.81. The van der Waals surface area contributed by atoms with Crippen molar-refractivity contribution in [2.75, 3.05) is 20.3 Å². The van der Waals surface area contributed by atoms with Crippen molar-refractivity contribution in [2.24, 2.45) is 4.99 Å². The van der Waals surface area contributed by atoms with Gasteiger partial charge < -0.3 is 9.47 Å². The maximum Gasteiger partial charge on any atom is 0.266 e. The van der Waals surface area contributed by atoms with Crippen LogP contribution < -0.4 is 9.47 Å². The third kappa shape index (κ3) is 5.05. The van der Waals surface area contributed by atoms with Gasteiger partial charge in [0.25, 0.3) is 5.91 Å². The Kier molecular flexibility index (Phi) is 7.57. The fourth-order valence-corrected chi connectivity index (χ4v) is 4.10. The van der Waals surface area contributed by atoms with Crippen molar-refractivity contribution in [3.8, 4) is 11.5 Å². The molecule has 1 fully saturated rings. The van der Waals surface area contributed by atoms with E-state index in [-0.39, 0.29) is 5.91 Å². The molecule has 0 spiro atoms. The lowest BCUT2D eigenvalue weighted by atomic mass is 10.1. The van der Waals surface area contributed by atoms with Crippen LogP contribution in [0.25, 0.3) is 6.08 Å². The molecule has 5 nitrogen and oxygen atoms in total. The quantitative estimate of drug-likeness (QED) is 0.502. The second-order valence-electron chi connectivity index (χ2n) is 6.96. The standard InChI is InChI=1S/C24H28N2O3S/c1-5-7-15-26-23(27)21(30-24(26)25-19-13-11-17(3)12-14-19)16-18-9-8-10-20(28-4)22(18)29-6-2/h8-14,16H,5-7,15H2,1-4H3/b21-16+,25-24?. The number of amidine groups is 1. The molecule has 1 heterocycles. The Hall–Kier alpha value is -2.73. The number of rotatable bonds is 8. The lowest BCUT2D eigenvalue weighted by Gasteiger charge is -2.15. The van der Waals surface area contributed by atoms with Crippen molar-refractivity contribution in [1.29, 1.82) is 0 Å². The van der Waals surface area contributed by atoms with Crippen LogP contribution in [0.1, 0.15) is 37.8 Å². The molecule has 1 amide bonds. The Morgan fingerprint density at radius 3 is 2.57 bits per heavy atom. The van der Waals surface area contributed by atoms with E-state index < -0.39 is 0 Å². The smallest absolute Gasteiger partial charge is 0.266 e. The van der Waals surface area contributed by atoms with Gasteiger partial charge in [0, 0.05) is 12.1 Å². The zero-order valence-electron chi connectivity index (χ0n) is 18.0. The molecular weight excluding hydrogens is 396 g/mol. The minimum atomic E-state index is -0.0235. The van der Waals surface area contributed by atoms with E-state index in [4.69, 9.17) is 14.5 Å². The summed E-state index contributed by atoms with van der Waals surface area (Å²) in [5.74, 6) is 1.27. The Morgan fingerprint density at radius 2 is 1.90 bits per heavy atom. The molecule has 0 atom stereocenters. The predicted molar refractivity (Wildman–Crippen MR) is 125 cm³/mol. The SMILES string of the molecule is CCCCN1C(=O)/C(=C\c2cccc(OC)c2OCC)SC1=Nc1ccc(C)cc1. The van der Waals surface area contributed by atoms with E-state index in [9.17, 15) is 4.79 Å². The first kappa shape index (κ1) is 22.0. The van der Waals surface area contributed by atoms with Gasteiger partial charge in [0.15, 0.2) is 16.7 Å². The van der Waals surface area contributed by atoms with Gasteiger partial charge >= 0.3 is 0 Å². The number of hydrogen-bond acceptors (Lipinski definition) is 5. The molecule has 0 N–H and O–H groups in total. The van der Waals surface area contributed by atoms with Gasteiger partial charge in [-0.3, -0.25) is 9.69 Å². The maximum absolute atomic E-state index is 13.2. The third-order valence-electron chi connectivity index (χ3n) is 4.69. The Morgan fingerprint density at radius 1 is 1.13 bits per heavy atom. The van der Waals surface area contributed by atoms with E-state index in [0.29, 0.717) is 34.7 Å². The molecule has 0 aliphatic carbocycles.